The van der Waals surface area contributed by atoms with Crippen LogP contribution in [0.3, 0.4) is 0 Å². The third-order valence-corrected chi connectivity index (χ3v) is 4.13. The van der Waals surface area contributed by atoms with Crippen molar-refractivity contribution >= 4 is 0 Å². The molecular formula is C15H25N3O. The van der Waals surface area contributed by atoms with Gasteiger partial charge in [-0.2, -0.15) is 0 Å². The molecule has 2 atom stereocenters. The van der Waals surface area contributed by atoms with Gasteiger partial charge < -0.3 is 10.5 Å². The Labute approximate surface area is 116 Å². The van der Waals surface area contributed by atoms with Gasteiger partial charge in [-0.25, -0.2) is 0 Å². The maximum Gasteiger partial charge on any atom is 0.0500 e. The van der Waals surface area contributed by atoms with E-state index in [2.05, 4.69) is 36.0 Å². The normalized spacial score (nSPS) is 20.4. The Morgan fingerprint density at radius 1 is 1.37 bits per heavy atom. The summed E-state index contributed by atoms with van der Waals surface area (Å²) in [5.74, 6) is 0. The summed E-state index contributed by atoms with van der Waals surface area (Å²) in [6, 6.07) is 5.13. The molecule has 1 fully saturated rings. The van der Waals surface area contributed by atoms with Crippen molar-refractivity contribution < 1.29 is 4.74 Å². The van der Waals surface area contributed by atoms with E-state index in [1.54, 1.807) is 0 Å². The molecule has 4 heteroatoms. The second kappa shape index (κ2) is 6.98. The Balaban J connectivity index is 2.17. The number of nitrogens with zero attached hydrogens (tertiary/aromatic N) is 2. The minimum atomic E-state index is 0.148. The Bertz CT molecular complexity index is 365. The number of pyridine rings is 1. The average molecular weight is 263 g/mol. The van der Waals surface area contributed by atoms with Gasteiger partial charge in [-0.05, 0) is 44.0 Å². The van der Waals surface area contributed by atoms with Crippen LogP contribution in [0.2, 0.25) is 0 Å². The maximum absolute atomic E-state index is 6.36. The standard InChI is InChI=1S/C15H25N3O/c1-3-14(16)15(12-4-8-17-9-5-12)18(2)13-6-10-19-11-7-13/h4-5,8-9,13-15H,3,6-7,10-11,16H2,1-2H3. The molecule has 0 amide bonds. The molecule has 0 saturated carbocycles. The molecule has 2 N–H and O–H groups in total. The lowest BCUT2D eigenvalue weighted by Crippen LogP contribution is -2.45. The Kier molecular flexibility index (Phi) is 5.31. The van der Waals surface area contributed by atoms with Gasteiger partial charge in [-0.3, -0.25) is 9.88 Å². The molecule has 106 valence electrons. The molecule has 0 aliphatic carbocycles. The molecule has 4 nitrogen and oxygen atoms in total. The fourth-order valence-electron chi connectivity index (χ4n) is 2.89. The van der Waals surface area contributed by atoms with E-state index >= 15 is 0 Å². The minimum Gasteiger partial charge on any atom is -0.381 e. The monoisotopic (exact) mass is 263 g/mol. The predicted octanol–water partition coefficient (Wildman–Crippen LogP) is 1.97. The van der Waals surface area contributed by atoms with Gasteiger partial charge in [-0.15, -0.1) is 0 Å². The number of nitrogens with two attached hydrogens (primary N) is 1. The lowest BCUT2D eigenvalue weighted by molar-refractivity contribution is 0.0233. The van der Waals surface area contributed by atoms with Crippen LogP contribution in [-0.4, -0.2) is 42.2 Å². The van der Waals surface area contributed by atoms with E-state index in [0.29, 0.717) is 6.04 Å². The highest BCUT2D eigenvalue weighted by molar-refractivity contribution is 5.17. The first-order valence-electron chi connectivity index (χ1n) is 7.19. The van der Waals surface area contributed by atoms with Crippen molar-refractivity contribution in [1.82, 2.24) is 9.88 Å². The van der Waals surface area contributed by atoms with Crippen molar-refractivity contribution in [2.75, 3.05) is 20.3 Å². The van der Waals surface area contributed by atoms with Gasteiger partial charge in [0.05, 0.1) is 0 Å². The maximum atomic E-state index is 6.36. The molecule has 1 aliphatic heterocycles. The van der Waals surface area contributed by atoms with Crippen LogP contribution in [0.4, 0.5) is 0 Å². The first kappa shape index (κ1) is 14.4. The lowest BCUT2D eigenvalue weighted by Gasteiger charge is -2.39. The van der Waals surface area contributed by atoms with E-state index in [1.165, 1.54) is 5.56 Å². The van der Waals surface area contributed by atoms with Crippen molar-refractivity contribution in [3.05, 3.63) is 30.1 Å². The second-order valence-corrected chi connectivity index (χ2v) is 5.31. The zero-order chi connectivity index (χ0) is 13.7. The quantitative estimate of drug-likeness (QED) is 0.882. The van der Waals surface area contributed by atoms with Gasteiger partial charge >= 0.3 is 0 Å². The van der Waals surface area contributed by atoms with Crippen LogP contribution in [0, 0.1) is 0 Å². The van der Waals surface area contributed by atoms with E-state index in [1.807, 2.05) is 12.4 Å². The van der Waals surface area contributed by atoms with E-state index < -0.39 is 0 Å². The molecule has 1 aliphatic rings. The number of hydrogen-bond acceptors (Lipinski definition) is 4. The summed E-state index contributed by atoms with van der Waals surface area (Å²) in [7, 11) is 2.19. The van der Waals surface area contributed by atoms with Crippen LogP contribution < -0.4 is 5.73 Å². The van der Waals surface area contributed by atoms with Crippen LogP contribution in [0.5, 0.6) is 0 Å². The zero-order valence-electron chi connectivity index (χ0n) is 12.0. The highest BCUT2D eigenvalue weighted by Gasteiger charge is 2.29. The molecule has 1 aromatic heterocycles. The molecule has 0 aromatic carbocycles. The van der Waals surface area contributed by atoms with Crippen molar-refractivity contribution in [2.24, 2.45) is 5.73 Å². The van der Waals surface area contributed by atoms with Crippen molar-refractivity contribution in [3.63, 3.8) is 0 Å². The summed E-state index contributed by atoms with van der Waals surface area (Å²) >= 11 is 0. The SMILES string of the molecule is CCC(N)C(c1ccncc1)N(C)C1CCOCC1. The molecule has 0 spiro atoms. The fraction of sp³-hybridized carbons (Fsp3) is 0.667. The van der Waals surface area contributed by atoms with Crippen LogP contribution in [0.25, 0.3) is 0 Å². The van der Waals surface area contributed by atoms with Crippen LogP contribution in [0.1, 0.15) is 37.8 Å². The van der Waals surface area contributed by atoms with E-state index in [9.17, 15) is 0 Å². The number of likely N-dealkylation sites (N-methyl/N-ethyl adjacent to an activating group) is 1. The highest BCUT2D eigenvalue weighted by atomic mass is 16.5. The lowest BCUT2D eigenvalue weighted by atomic mass is 9.94. The van der Waals surface area contributed by atoms with Gasteiger partial charge in [0, 0.05) is 43.7 Å². The molecule has 2 rings (SSSR count). The molecule has 2 heterocycles. The molecule has 2 unspecified atom stereocenters. The summed E-state index contributed by atoms with van der Waals surface area (Å²) in [6.07, 6.45) is 6.86. The first-order chi connectivity index (χ1) is 9.24. The molecular weight excluding hydrogens is 238 g/mol. The summed E-state index contributed by atoms with van der Waals surface area (Å²) in [4.78, 5) is 6.54. The van der Waals surface area contributed by atoms with E-state index in [-0.39, 0.29) is 12.1 Å². The van der Waals surface area contributed by atoms with Gasteiger partial charge in [0.25, 0.3) is 0 Å². The number of ether oxygens (including phenoxy) is 1. The smallest absolute Gasteiger partial charge is 0.0500 e. The molecule has 19 heavy (non-hydrogen) atoms. The van der Waals surface area contributed by atoms with Crippen molar-refractivity contribution in [3.8, 4) is 0 Å². The average Bonchev–Trinajstić information content (AvgIpc) is 2.49. The molecule has 0 radical (unpaired) electrons. The Hall–Kier alpha value is -0.970. The van der Waals surface area contributed by atoms with Gasteiger partial charge in [0.2, 0.25) is 0 Å². The Morgan fingerprint density at radius 3 is 2.58 bits per heavy atom. The Morgan fingerprint density at radius 2 is 2.00 bits per heavy atom. The third kappa shape index (κ3) is 3.53. The topological polar surface area (TPSA) is 51.4 Å². The van der Waals surface area contributed by atoms with Crippen LogP contribution >= 0.6 is 0 Å². The molecule has 1 aromatic rings. The summed E-state index contributed by atoms with van der Waals surface area (Å²) in [5.41, 5.74) is 7.63. The highest BCUT2D eigenvalue weighted by Crippen LogP contribution is 2.28. The minimum absolute atomic E-state index is 0.148. The first-order valence-corrected chi connectivity index (χ1v) is 7.19. The van der Waals surface area contributed by atoms with Gasteiger partial charge in [-0.1, -0.05) is 6.92 Å². The zero-order valence-corrected chi connectivity index (χ0v) is 12.0. The molecule has 0 bridgehead atoms. The fourth-order valence-corrected chi connectivity index (χ4v) is 2.89. The van der Waals surface area contributed by atoms with Crippen LogP contribution in [0.15, 0.2) is 24.5 Å². The predicted molar refractivity (Wildman–Crippen MR) is 76.8 cm³/mol. The summed E-state index contributed by atoms with van der Waals surface area (Å²) in [6.45, 7) is 3.87. The van der Waals surface area contributed by atoms with E-state index in [4.69, 9.17) is 10.5 Å². The molecule has 1 saturated heterocycles. The van der Waals surface area contributed by atoms with Crippen LogP contribution in [-0.2, 0) is 4.74 Å². The van der Waals surface area contributed by atoms with Gasteiger partial charge in [0.15, 0.2) is 0 Å². The number of aromatic nitrogens is 1. The van der Waals surface area contributed by atoms with Crippen molar-refractivity contribution in [1.29, 1.82) is 0 Å². The third-order valence-electron chi connectivity index (χ3n) is 4.13. The second-order valence-electron chi connectivity index (χ2n) is 5.31. The number of hydrogen-bond donors (Lipinski definition) is 1. The van der Waals surface area contributed by atoms with Crippen molar-refractivity contribution in [2.45, 2.75) is 44.3 Å². The summed E-state index contributed by atoms with van der Waals surface area (Å²) < 4.78 is 5.45. The largest absolute Gasteiger partial charge is 0.381 e. The summed E-state index contributed by atoms with van der Waals surface area (Å²) in [5, 5.41) is 0. The number of rotatable bonds is 5. The van der Waals surface area contributed by atoms with E-state index in [0.717, 1.165) is 32.5 Å². The van der Waals surface area contributed by atoms with Gasteiger partial charge in [0.1, 0.15) is 0 Å².